The molecule has 130 valence electrons. The number of nitrogens with zero attached hydrogens (tertiary/aromatic N) is 1. The van der Waals surface area contributed by atoms with Gasteiger partial charge in [0.15, 0.2) is 5.43 Å². The normalized spacial score (nSPS) is 33.7. The number of carbonyl (C=O) groups excluding carboxylic acids is 1. The van der Waals surface area contributed by atoms with Crippen LogP contribution in [0.2, 0.25) is 0 Å². The van der Waals surface area contributed by atoms with Crippen LogP contribution in [0.3, 0.4) is 0 Å². The van der Waals surface area contributed by atoms with E-state index in [-0.39, 0.29) is 28.2 Å². The highest BCUT2D eigenvalue weighted by Crippen LogP contribution is 2.65. The van der Waals surface area contributed by atoms with Crippen LogP contribution in [0.4, 0.5) is 0 Å². The summed E-state index contributed by atoms with van der Waals surface area (Å²) in [6, 6.07) is 2.25. The van der Waals surface area contributed by atoms with Crippen LogP contribution in [0.5, 0.6) is 0 Å². The molecule has 0 spiro atoms. The second kappa shape index (κ2) is 4.96. The average molecular weight is 328 g/mol. The fourth-order valence-corrected chi connectivity index (χ4v) is 5.22. The molecule has 3 atom stereocenters. The topological polar surface area (TPSA) is 51.1 Å². The Balaban J connectivity index is 1.60. The monoisotopic (exact) mass is 328 g/mol. The van der Waals surface area contributed by atoms with Gasteiger partial charge in [0.25, 0.3) is 5.91 Å². The largest absolute Gasteiger partial charge is 0.349 e. The van der Waals surface area contributed by atoms with Gasteiger partial charge < -0.3 is 9.88 Å². The first-order chi connectivity index (χ1) is 11.2. The Morgan fingerprint density at radius 2 is 1.96 bits per heavy atom. The van der Waals surface area contributed by atoms with Gasteiger partial charge in [0.2, 0.25) is 0 Å². The van der Waals surface area contributed by atoms with E-state index in [0.29, 0.717) is 17.5 Å². The van der Waals surface area contributed by atoms with Gasteiger partial charge in [0.1, 0.15) is 5.56 Å². The number of rotatable bonds is 3. The summed E-state index contributed by atoms with van der Waals surface area (Å²) in [6.45, 7) is 8.93. The fourth-order valence-electron chi connectivity index (χ4n) is 5.22. The molecule has 0 radical (unpaired) electrons. The van der Waals surface area contributed by atoms with Crippen molar-refractivity contribution in [3.05, 3.63) is 33.7 Å². The first-order valence-corrected chi connectivity index (χ1v) is 9.28. The molecule has 3 unspecified atom stereocenters. The van der Waals surface area contributed by atoms with Crippen LogP contribution in [-0.4, -0.2) is 16.5 Å². The predicted molar refractivity (Wildman–Crippen MR) is 94.2 cm³/mol. The molecule has 1 heterocycles. The van der Waals surface area contributed by atoms with E-state index in [1.165, 1.54) is 6.42 Å². The van der Waals surface area contributed by atoms with Gasteiger partial charge >= 0.3 is 0 Å². The van der Waals surface area contributed by atoms with E-state index in [1.54, 1.807) is 12.3 Å². The van der Waals surface area contributed by atoms with Crippen molar-refractivity contribution in [3.63, 3.8) is 0 Å². The summed E-state index contributed by atoms with van der Waals surface area (Å²) in [6.07, 6.45) is 7.52. The Morgan fingerprint density at radius 1 is 1.25 bits per heavy atom. The third kappa shape index (κ3) is 2.11. The number of hydrogen-bond donors (Lipinski definition) is 1. The van der Waals surface area contributed by atoms with Crippen LogP contribution in [-0.2, 0) is 0 Å². The lowest BCUT2D eigenvalue weighted by atomic mass is 9.69. The first kappa shape index (κ1) is 15.9. The summed E-state index contributed by atoms with van der Waals surface area (Å²) in [5, 5.41) is 3.22. The summed E-state index contributed by atoms with van der Waals surface area (Å²) in [7, 11) is 0. The van der Waals surface area contributed by atoms with E-state index in [0.717, 1.165) is 31.4 Å². The fraction of sp³-hybridized carbons (Fsp3) is 0.700. The molecule has 3 aliphatic carbocycles. The van der Waals surface area contributed by atoms with Crippen molar-refractivity contribution < 1.29 is 4.79 Å². The zero-order chi connectivity index (χ0) is 17.3. The van der Waals surface area contributed by atoms with Gasteiger partial charge in [0.05, 0.1) is 0 Å². The molecule has 4 heteroatoms. The minimum absolute atomic E-state index is 0.132. The van der Waals surface area contributed by atoms with Gasteiger partial charge in [-0.25, -0.2) is 0 Å². The number of nitrogens with one attached hydrogen (secondary N) is 1. The highest BCUT2D eigenvalue weighted by Gasteiger charge is 2.61. The summed E-state index contributed by atoms with van der Waals surface area (Å²) < 4.78 is 2.10. The minimum Gasteiger partial charge on any atom is -0.349 e. The van der Waals surface area contributed by atoms with Crippen molar-refractivity contribution >= 4 is 5.91 Å². The van der Waals surface area contributed by atoms with Gasteiger partial charge in [-0.15, -0.1) is 0 Å². The average Bonchev–Trinajstić information content (AvgIpc) is 3.28. The van der Waals surface area contributed by atoms with Gasteiger partial charge in [-0.2, -0.15) is 0 Å². The molecule has 2 bridgehead atoms. The molecule has 0 aromatic carbocycles. The molecule has 1 N–H and O–H groups in total. The molecule has 1 aromatic rings. The molecule has 0 saturated heterocycles. The Labute approximate surface area is 143 Å². The number of carbonyl (C=O) groups is 1. The molecule has 3 aliphatic rings. The minimum atomic E-state index is -0.191. The van der Waals surface area contributed by atoms with Crippen molar-refractivity contribution in [1.82, 2.24) is 9.88 Å². The van der Waals surface area contributed by atoms with E-state index in [1.807, 2.05) is 6.92 Å². The quantitative estimate of drug-likeness (QED) is 0.924. The van der Waals surface area contributed by atoms with Crippen LogP contribution in [0.15, 0.2) is 17.1 Å². The predicted octanol–water partition coefficient (Wildman–Crippen LogP) is 3.44. The van der Waals surface area contributed by atoms with Gasteiger partial charge in [-0.1, -0.05) is 20.8 Å². The first-order valence-electron chi connectivity index (χ1n) is 9.28. The number of aryl methyl sites for hydroxylation is 1. The number of amides is 1. The van der Waals surface area contributed by atoms with Gasteiger partial charge in [-0.05, 0) is 55.8 Å². The van der Waals surface area contributed by atoms with Gasteiger partial charge in [0, 0.05) is 30.0 Å². The van der Waals surface area contributed by atoms with Crippen molar-refractivity contribution in [2.45, 2.75) is 71.9 Å². The third-order valence-electron chi connectivity index (χ3n) is 7.57. The number of hydrogen-bond acceptors (Lipinski definition) is 2. The molecule has 4 nitrogen and oxygen atoms in total. The molecule has 3 fully saturated rings. The van der Waals surface area contributed by atoms with Crippen LogP contribution in [0.1, 0.15) is 75.0 Å². The van der Waals surface area contributed by atoms with Crippen LogP contribution in [0, 0.1) is 23.7 Å². The number of aromatic nitrogens is 1. The van der Waals surface area contributed by atoms with E-state index >= 15 is 0 Å². The SMILES string of the molecule is Cc1cc(=O)c(C(=O)NC2CC3CCC2(C)C3(C)C)cn1C1CC1. The summed E-state index contributed by atoms with van der Waals surface area (Å²) in [5.41, 5.74) is 1.48. The third-order valence-corrected chi connectivity index (χ3v) is 7.57. The maximum Gasteiger partial charge on any atom is 0.256 e. The molecular formula is C20H28N2O2. The lowest BCUT2D eigenvalue weighted by Crippen LogP contribution is -2.47. The smallest absolute Gasteiger partial charge is 0.256 e. The standard InChI is InChI=1S/C20H28N2O2/c1-12-9-16(23)15(11-22(12)14-5-6-14)18(24)21-17-10-13-7-8-20(17,4)19(13,2)3/h9,11,13-14,17H,5-8,10H2,1-4H3,(H,21,24). The van der Waals surface area contributed by atoms with Crippen molar-refractivity contribution in [1.29, 1.82) is 0 Å². The Bertz CT molecular complexity index is 759. The molecule has 1 aromatic heterocycles. The zero-order valence-corrected chi connectivity index (χ0v) is 15.2. The molecule has 24 heavy (non-hydrogen) atoms. The maximum atomic E-state index is 12.8. The number of fused-ring (bicyclic) bond motifs is 2. The Kier molecular flexibility index (Phi) is 3.29. The van der Waals surface area contributed by atoms with Gasteiger partial charge in [-0.3, -0.25) is 9.59 Å². The lowest BCUT2D eigenvalue weighted by Gasteiger charge is -2.39. The highest BCUT2D eigenvalue weighted by atomic mass is 16.2. The maximum absolute atomic E-state index is 12.8. The summed E-state index contributed by atoms with van der Waals surface area (Å²) in [5.74, 6) is 0.484. The van der Waals surface area contributed by atoms with Crippen LogP contribution >= 0.6 is 0 Å². The van der Waals surface area contributed by atoms with Crippen LogP contribution in [0.25, 0.3) is 0 Å². The van der Waals surface area contributed by atoms with Crippen LogP contribution < -0.4 is 10.7 Å². The highest BCUT2D eigenvalue weighted by molar-refractivity contribution is 5.94. The van der Waals surface area contributed by atoms with Crippen molar-refractivity contribution in [2.24, 2.45) is 16.7 Å². The zero-order valence-electron chi connectivity index (χ0n) is 15.2. The molecule has 3 saturated carbocycles. The molecule has 4 rings (SSSR count). The van der Waals surface area contributed by atoms with E-state index < -0.39 is 0 Å². The van der Waals surface area contributed by atoms with E-state index in [2.05, 4.69) is 30.7 Å². The van der Waals surface area contributed by atoms with Crippen molar-refractivity contribution in [3.8, 4) is 0 Å². The second-order valence-corrected chi connectivity index (χ2v) is 8.97. The number of pyridine rings is 1. The van der Waals surface area contributed by atoms with E-state index in [9.17, 15) is 9.59 Å². The molecule has 1 amide bonds. The molecule has 0 aliphatic heterocycles. The summed E-state index contributed by atoms with van der Waals surface area (Å²) >= 11 is 0. The lowest BCUT2D eigenvalue weighted by molar-refractivity contribution is 0.0824. The second-order valence-electron chi connectivity index (χ2n) is 8.97. The summed E-state index contributed by atoms with van der Waals surface area (Å²) in [4.78, 5) is 25.2. The molecular weight excluding hydrogens is 300 g/mol. The van der Waals surface area contributed by atoms with Crippen molar-refractivity contribution in [2.75, 3.05) is 0 Å². The van der Waals surface area contributed by atoms with E-state index in [4.69, 9.17) is 0 Å². The Hall–Kier alpha value is -1.58. The Morgan fingerprint density at radius 3 is 2.50 bits per heavy atom.